The van der Waals surface area contributed by atoms with E-state index in [1.165, 1.54) is 11.8 Å². The van der Waals surface area contributed by atoms with Crippen LogP contribution in [0, 0.1) is 0 Å². The van der Waals surface area contributed by atoms with Crippen LogP contribution in [-0.4, -0.2) is 29.7 Å². The maximum atomic E-state index is 11.2. The number of aromatic nitrogens is 1. The van der Waals surface area contributed by atoms with Gasteiger partial charge in [0.2, 0.25) is 5.91 Å². The second kappa shape index (κ2) is 6.39. The molecule has 0 saturated heterocycles. The summed E-state index contributed by atoms with van der Waals surface area (Å²) in [6.07, 6.45) is 1.71. The molecule has 5 heteroatoms. The van der Waals surface area contributed by atoms with E-state index in [-0.39, 0.29) is 5.91 Å². The highest BCUT2D eigenvalue weighted by molar-refractivity contribution is 7.99. The van der Waals surface area contributed by atoms with Gasteiger partial charge in [-0.15, -0.1) is 0 Å². The molecule has 1 amide bonds. The van der Waals surface area contributed by atoms with Crippen molar-refractivity contribution >= 4 is 17.7 Å². The number of nitrogens with zero attached hydrogens (tertiary/aromatic N) is 1. The van der Waals surface area contributed by atoms with E-state index in [9.17, 15) is 4.79 Å². The number of pyridine rings is 1. The van der Waals surface area contributed by atoms with Crippen LogP contribution in [0.15, 0.2) is 29.4 Å². The summed E-state index contributed by atoms with van der Waals surface area (Å²) >= 11 is 1.41. The summed E-state index contributed by atoms with van der Waals surface area (Å²) in [4.78, 5) is 15.2. The van der Waals surface area contributed by atoms with E-state index < -0.39 is 0 Å². The zero-order valence-electron chi connectivity index (χ0n) is 7.77. The number of hydrogen-bond donors (Lipinski definition) is 2. The van der Waals surface area contributed by atoms with Crippen molar-refractivity contribution in [3.63, 3.8) is 0 Å². The molecule has 1 aromatic rings. The summed E-state index contributed by atoms with van der Waals surface area (Å²) in [6, 6.07) is 5.62. The van der Waals surface area contributed by atoms with Crippen LogP contribution in [0.2, 0.25) is 0 Å². The first-order valence-corrected chi connectivity index (χ1v) is 5.32. The van der Waals surface area contributed by atoms with E-state index >= 15 is 0 Å². The van der Waals surface area contributed by atoms with E-state index in [1.807, 2.05) is 18.2 Å². The van der Waals surface area contributed by atoms with Gasteiger partial charge in [-0.3, -0.25) is 4.79 Å². The maximum absolute atomic E-state index is 11.2. The molecule has 0 atom stereocenters. The highest BCUT2D eigenvalue weighted by Crippen LogP contribution is 2.12. The topological polar surface area (TPSA) is 68.0 Å². The number of hydrogen-bond acceptors (Lipinski definition) is 4. The van der Waals surface area contributed by atoms with Crippen molar-refractivity contribution in [1.29, 1.82) is 0 Å². The number of rotatable bonds is 5. The Morgan fingerprint density at radius 2 is 2.43 bits per heavy atom. The predicted molar refractivity (Wildman–Crippen MR) is 57.0 cm³/mol. The van der Waals surface area contributed by atoms with Gasteiger partial charge in [-0.25, -0.2) is 4.98 Å². The van der Waals surface area contributed by atoms with Crippen molar-refractivity contribution in [3.05, 3.63) is 24.4 Å². The number of thioether (sulfide) groups is 1. The van der Waals surface area contributed by atoms with Gasteiger partial charge in [0.15, 0.2) is 0 Å². The standard InChI is InChI=1S/C9H13N3OS/c10-4-6-11-8(13)7-14-9-3-1-2-5-12-9/h1-3,5H,4,6-7,10H2,(H,11,13). The lowest BCUT2D eigenvalue weighted by molar-refractivity contribution is -0.118. The minimum atomic E-state index is -0.00824. The molecule has 4 nitrogen and oxygen atoms in total. The van der Waals surface area contributed by atoms with Gasteiger partial charge >= 0.3 is 0 Å². The molecule has 0 unspecified atom stereocenters. The molecule has 1 aromatic heterocycles. The van der Waals surface area contributed by atoms with E-state index in [0.29, 0.717) is 18.8 Å². The molecule has 0 aliphatic heterocycles. The summed E-state index contributed by atoms with van der Waals surface area (Å²) in [7, 11) is 0. The van der Waals surface area contributed by atoms with Crippen LogP contribution in [0.3, 0.4) is 0 Å². The normalized spacial score (nSPS) is 9.79. The van der Waals surface area contributed by atoms with Crippen molar-refractivity contribution in [2.75, 3.05) is 18.8 Å². The molecule has 0 bridgehead atoms. The van der Waals surface area contributed by atoms with E-state index in [1.54, 1.807) is 6.20 Å². The van der Waals surface area contributed by atoms with Crippen LogP contribution in [0.25, 0.3) is 0 Å². The van der Waals surface area contributed by atoms with Gasteiger partial charge in [0.25, 0.3) is 0 Å². The largest absolute Gasteiger partial charge is 0.354 e. The van der Waals surface area contributed by atoms with Crippen LogP contribution in [0.1, 0.15) is 0 Å². The second-order valence-electron chi connectivity index (χ2n) is 2.60. The third-order valence-corrected chi connectivity index (χ3v) is 2.40. The summed E-state index contributed by atoms with van der Waals surface area (Å²) in [5, 5.41) is 3.55. The molecule has 76 valence electrons. The summed E-state index contributed by atoms with van der Waals surface area (Å²) < 4.78 is 0. The Morgan fingerprint density at radius 3 is 3.07 bits per heavy atom. The Morgan fingerprint density at radius 1 is 1.57 bits per heavy atom. The molecule has 0 radical (unpaired) electrons. The zero-order valence-corrected chi connectivity index (χ0v) is 8.59. The van der Waals surface area contributed by atoms with Gasteiger partial charge in [0, 0.05) is 19.3 Å². The van der Waals surface area contributed by atoms with Gasteiger partial charge < -0.3 is 11.1 Å². The van der Waals surface area contributed by atoms with Crippen LogP contribution in [0.4, 0.5) is 0 Å². The first kappa shape index (κ1) is 11.0. The van der Waals surface area contributed by atoms with Crippen molar-refractivity contribution in [3.8, 4) is 0 Å². The molecule has 0 aliphatic rings. The van der Waals surface area contributed by atoms with Crippen molar-refractivity contribution in [1.82, 2.24) is 10.3 Å². The number of carbonyl (C=O) groups excluding carboxylic acids is 1. The van der Waals surface area contributed by atoms with Gasteiger partial charge in [-0.1, -0.05) is 17.8 Å². The molecule has 0 aromatic carbocycles. The quantitative estimate of drug-likeness (QED) is 0.685. The smallest absolute Gasteiger partial charge is 0.230 e. The molecule has 0 saturated carbocycles. The Labute approximate surface area is 87.3 Å². The van der Waals surface area contributed by atoms with Gasteiger partial charge in [0.05, 0.1) is 10.8 Å². The first-order chi connectivity index (χ1) is 6.83. The minimum Gasteiger partial charge on any atom is -0.354 e. The summed E-state index contributed by atoms with van der Waals surface area (Å²) in [6.45, 7) is 1.00. The number of carbonyl (C=O) groups is 1. The highest BCUT2D eigenvalue weighted by Gasteiger charge is 2.01. The molecule has 1 rings (SSSR count). The molecule has 0 aliphatic carbocycles. The molecule has 1 heterocycles. The van der Waals surface area contributed by atoms with E-state index in [2.05, 4.69) is 10.3 Å². The fourth-order valence-corrected chi connectivity index (χ4v) is 1.53. The van der Waals surface area contributed by atoms with Crippen molar-refractivity contribution in [2.45, 2.75) is 5.03 Å². The lowest BCUT2D eigenvalue weighted by atomic mass is 10.5. The molecule has 0 spiro atoms. The fraction of sp³-hybridized carbons (Fsp3) is 0.333. The lowest BCUT2D eigenvalue weighted by Crippen LogP contribution is -2.30. The van der Waals surface area contributed by atoms with Crippen LogP contribution in [-0.2, 0) is 4.79 Å². The Kier molecular flexibility index (Phi) is 5.03. The highest BCUT2D eigenvalue weighted by atomic mass is 32.2. The fourth-order valence-electron chi connectivity index (χ4n) is 0.835. The number of nitrogens with one attached hydrogen (secondary N) is 1. The predicted octanol–water partition coefficient (Wildman–Crippen LogP) is 0.249. The van der Waals surface area contributed by atoms with Gasteiger partial charge in [0.1, 0.15) is 0 Å². The number of amides is 1. The Bertz CT molecular complexity index is 279. The summed E-state index contributed by atoms with van der Waals surface area (Å²) in [5.74, 6) is 0.378. The molecule has 14 heavy (non-hydrogen) atoms. The van der Waals surface area contributed by atoms with Crippen molar-refractivity contribution < 1.29 is 4.79 Å². The van der Waals surface area contributed by atoms with Crippen molar-refractivity contribution in [2.24, 2.45) is 5.73 Å². The molecule has 0 fully saturated rings. The average Bonchev–Trinajstić information content (AvgIpc) is 2.25. The third-order valence-electron chi connectivity index (χ3n) is 1.46. The first-order valence-electron chi connectivity index (χ1n) is 4.33. The Balaban J connectivity index is 2.24. The number of nitrogens with two attached hydrogens (primary N) is 1. The minimum absolute atomic E-state index is 0.00824. The lowest BCUT2D eigenvalue weighted by Gasteiger charge is -2.02. The van der Waals surface area contributed by atoms with E-state index in [0.717, 1.165) is 5.03 Å². The maximum Gasteiger partial charge on any atom is 0.230 e. The summed E-state index contributed by atoms with van der Waals surface area (Å²) in [5.41, 5.74) is 5.25. The van der Waals surface area contributed by atoms with Gasteiger partial charge in [-0.2, -0.15) is 0 Å². The molecular formula is C9H13N3OS. The average molecular weight is 211 g/mol. The van der Waals surface area contributed by atoms with Crippen LogP contribution < -0.4 is 11.1 Å². The third kappa shape index (κ3) is 4.25. The van der Waals surface area contributed by atoms with Crippen LogP contribution >= 0.6 is 11.8 Å². The van der Waals surface area contributed by atoms with Gasteiger partial charge in [-0.05, 0) is 12.1 Å². The van der Waals surface area contributed by atoms with Crippen LogP contribution in [0.5, 0.6) is 0 Å². The van der Waals surface area contributed by atoms with E-state index in [4.69, 9.17) is 5.73 Å². The monoisotopic (exact) mass is 211 g/mol. The zero-order chi connectivity index (χ0) is 10.2. The molecule has 3 N–H and O–H groups in total. The Hall–Kier alpha value is -1.07. The molecular weight excluding hydrogens is 198 g/mol. The SMILES string of the molecule is NCCNC(=O)CSc1ccccn1. The second-order valence-corrected chi connectivity index (χ2v) is 3.59.